The van der Waals surface area contributed by atoms with Gasteiger partial charge in [0.1, 0.15) is 17.4 Å². The number of hydrogen-bond donors (Lipinski definition) is 3. The minimum Gasteiger partial charge on any atom is -0.508 e. The van der Waals surface area contributed by atoms with E-state index in [2.05, 4.69) is 17.6 Å². The van der Waals surface area contributed by atoms with Crippen LogP contribution in [0.15, 0.2) is 24.3 Å². The lowest BCUT2D eigenvalue weighted by atomic mass is 10.0. The van der Waals surface area contributed by atoms with Gasteiger partial charge in [0, 0.05) is 12.6 Å². The van der Waals surface area contributed by atoms with Crippen molar-refractivity contribution in [2.75, 3.05) is 13.7 Å². The lowest BCUT2D eigenvalue weighted by molar-refractivity contribution is -0.143. The van der Waals surface area contributed by atoms with Gasteiger partial charge in [-0.2, -0.15) is 0 Å². The fourth-order valence-electron chi connectivity index (χ4n) is 2.68. The maximum Gasteiger partial charge on any atom is 0.407 e. The molecule has 0 heterocycles. The van der Waals surface area contributed by atoms with E-state index in [0.29, 0.717) is 13.0 Å². The smallest absolute Gasteiger partial charge is 0.407 e. The Hall–Kier alpha value is -2.28. The number of esters is 1. The van der Waals surface area contributed by atoms with Crippen molar-refractivity contribution < 1.29 is 24.2 Å². The number of rotatable bonds is 10. The van der Waals surface area contributed by atoms with Gasteiger partial charge in [-0.1, -0.05) is 31.9 Å². The van der Waals surface area contributed by atoms with Crippen LogP contribution >= 0.6 is 0 Å². The van der Waals surface area contributed by atoms with Gasteiger partial charge in [0.2, 0.25) is 0 Å². The Morgan fingerprint density at radius 2 is 1.82 bits per heavy atom. The number of carbonyl (C=O) groups is 2. The molecule has 1 rings (SSSR count). The third-order valence-corrected chi connectivity index (χ3v) is 4.10. The summed E-state index contributed by atoms with van der Waals surface area (Å²) in [5.74, 6) is -0.202. The fourth-order valence-corrected chi connectivity index (χ4v) is 2.68. The highest BCUT2D eigenvalue weighted by atomic mass is 16.6. The number of unbranched alkanes of at least 4 members (excludes halogenated alkanes) is 1. The fraction of sp³-hybridized carbons (Fsp3) is 0.619. The Kier molecular flexibility index (Phi) is 9.79. The zero-order chi connectivity index (χ0) is 21.2. The molecule has 7 heteroatoms. The van der Waals surface area contributed by atoms with Crippen LogP contribution < -0.4 is 10.6 Å². The summed E-state index contributed by atoms with van der Waals surface area (Å²) >= 11 is 0. The molecule has 0 spiro atoms. The molecule has 2 atom stereocenters. The van der Waals surface area contributed by atoms with Crippen LogP contribution in [-0.2, 0) is 20.7 Å². The summed E-state index contributed by atoms with van der Waals surface area (Å²) in [4.78, 5) is 24.3. The van der Waals surface area contributed by atoms with Crippen LogP contribution in [-0.4, -0.2) is 48.5 Å². The highest BCUT2D eigenvalue weighted by Crippen LogP contribution is 2.12. The van der Waals surface area contributed by atoms with E-state index in [1.807, 2.05) is 20.8 Å². The third kappa shape index (κ3) is 9.60. The SMILES string of the molecule is CCCC[C@H](CN[C@@H](Cc1ccc(O)cc1)C(=O)OC)NC(=O)OC(C)(C)C. The first kappa shape index (κ1) is 23.8. The molecule has 0 bridgehead atoms. The molecule has 1 aromatic carbocycles. The molecule has 1 aromatic rings. The number of nitrogens with one attached hydrogen (secondary N) is 2. The van der Waals surface area contributed by atoms with Crippen molar-refractivity contribution in [1.82, 2.24) is 10.6 Å². The molecule has 0 aliphatic rings. The van der Waals surface area contributed by atoms with Crippen LogP contribution in [0.1, 0.15) is 52.5 Å². The molecule has 0 saturated carbocycles. The van der Waals surface area contributed by atoms with Crippen molar-refractivity contribution >= 4 is 12.1 Å². The maximum absolute atomic E-state index is 12.2. The van der Waals surface area contributed by atoms with E-state index in [1.165, 1.54) is 7.11 Å². The molecule has 3 N–H and O–H groups in total. The lowest BCUT2D eigenvalue weighted by Crippen LogP contribution is -2.49. The monoisotopic (exact) mass is 394 g/mol. The Bertz CT molecular complexity index is 610. The van der Waals surface area contributed by atoms with Gasteiger partial charge < -0.3 is 25.2 Å². The molecule has 0 fully saturated rings. The summed E-state index contributed by atoms with van der Waals surface area (Å²) in [5.41, 5.74) is 0.325. The largest absolute Gasteiger partial charge is 0.508 e. The van der Waals surface area contributed by atoms with E-state index < -0.39 is 17.7 Å². The molecular weight excluding hydrogens is 360 g/mol. The molecule has 1 amide bonds. The number of benzene rings is 1. The van der Waals surface area contributed by atoms with Crippen LogP contribution in [0.5, 0.6) is 5.75 Å². The molecule has 0 aliphatic heterocycles. The van der Waals surface area contributed by atoms with Crippen molar-refractivity contribution in [1.29, 1.82) is 0 Å². The summed E-state index contributed by atoms with van der Waals surface area (Å²) in [7, 11) is 1.35. The molecule has 7 nitrogen and oxygen atoms in total. The normalized spacial score (nSPS) is 13.5. The first-order valence-corrected chi connectivity index (χ1v) is 9.73. The summed E-state index contributed by atoms with van der Waals surface area (Å²) in [6.07, 6.45) is 2.67. The number of hydrogen-bond acceptors (Lipinski definition) is 6. The van der Waals surface area contributed by atoms with Gasteiger partial charge in [-0.3, -0.25) is 4.79 Å². The van der Waals surface area contributed by atoms with Gasteiger partial charge in [-0.05, 0) is 51.3 Å². The zero-order valence-corrected chi connectivity index (χ0v) is 17.6. The van der Waals surface area contributed by atoms with Crippen molar-refractivity contribution in [3.63, 3.8) is 0 Å². The number of phenolic OH excluding ortho intramolecular Hbond substituents is 1. The van der Waals surface area contributed by atoms with Crippen LogP contribution in [0.25, 0.3) is 0 Å². The van der Waals surface area contributed by atoms with E-state index in [-0.39, 0.29) is 17.8 Å². The summed E-state index contributed by atoms with van der Waals surface area (Å²) in [5, 5.41) is 15.5. The minimum absolute atomic E-state index is 0.165. The second kappa shape index (κ2) is 11.5. The number of carbonyl (C=O) groups excluding carboxylic acids is 2. The van der Waals surface area contributed by atoms with Gasteiger partial charge in [0.25, 0.3) is 0 Å². The van der Waals surface area contributed by atoms with Crippen molar-refractivity contribution in [2.45, 2.75) is 71.1 Å². The number of phenols is 1. The predicted molar refractivity (Wildman–Crippen MR) is 108 cm³/mol. The summed E-state index contributed by atoms with van der Waals surface area (Å²) in [6.45, 7) is 7.95. The highest BCUT2D eigenvalue weighted by molar-refractivity contribution is 5.76. The van der Waals surface area contributed by atoms with Gasteiger partial charge >= 0.3 is 12.1 Å². The second-order valence-corrected chi connectivity index (χ2v) is 7.84. The van der Waals surface area contributed by atoms with Crippen LogP contribution in [0, 0.1) is 0 Å². The topological polar surface area (TPSA) is 96.9 Å². The third-order valence-electron chi connectivity index (χ3n) is 4.10. The van der Waals surface area contributed by atoms with E-state index >= 15 is 0 Å². The highest BCUT2D eigenvalue weighted by Gasteiger charge is 2.23. The predicted octanol–water partition coefficient (Wildman–Crippen LogP) is 3.15. The van der Waals surface area contributed by atoms with E-state index in [9.17, 15) is 14.7 Å². The molecule has 0 saturated heterocycles. The first-order valence-electron chi connectivity index (χ1n) is 9.73. The van der Waals surface area contributed by atoms with Gasteiger partial charge in [0.05, 0.1) is 7.11 Å². The van der Waals surface area contributed by atoms with Crippen LogP contribution in [0.4, 0.5) is 4.79 Å². The summed E-state index contributed by atoms with van der Waals surface area (Å²) in [6, 6.07) is 5.97. The Labute approximate surface area is 167 Å². The van der Waals surface area contributed by atoms with Crippen molar-refractivity contribution in [3.05, 3.63) is 29.8 Å². The molecule has 0 radical (unpaired) electrons. The average Bonchev–Trinajstić information content (AvgIpc) is 2.62. The standard InChI is InChI=1S/C21H34N2O5/c1-6-7-8-16(23-20(26)28-21(2,3)4)14-22-18(19(25)27-5)13-15-9-11-17(24)12-10-15/h9-12,16,18,22,24H,6-8,13-14H2,1-5H3,(H,23,26)/t16-,18+/m1/s1. The average molecular weight is 395 g/mol. The quantitative estimate of drug-likeness (QED) is 0.528. The van der Waals surface area contributed by atoms with Gasteiger partial charge in [-0.25, -0.2) is 4.79 Å². The Balaban J connectivity index is 2.73. The molecule has 0 unspecified atom stereocenters. The lowest BCUT2D eigenvalue weighted by Gasteiger charge is -2.25. The van der Waals surface area contributed by atoms with E-state index in [0.717, 1.165) is 24.8 Å². The Morgan fingerprint density at radius 1 is 1.18 bits per heavy atom. The van der Waals surface area contributed by atoms with Crippen LogP contribution in [0.3, 0.4) is 0 Å². The molecule has 28 heavy (non-hydrogen) atoms. The molecule has 0 aromatic heterocycles. The molecular formula is C21H34N2O5. The number of methoxy groups -OCH3 is 1. The van der Waals surface area contributed by atoms with Crippen molar-refractivity contribution in [2.24, 2.45) is 0 Å². The number of aromatic hydroxyl groups is 1. The van der Waals surface area contributed by atoms with Crippen LogP contribution in [0.2, 0.25) is 0 Å². The number of ether oxygens (including phenoxy) is 2. The minimum atomic E-state index is -0.569. The summed E-state index contributed by atoms with van der Waals surface area (Å²) < 4.78 is 10.2. The molecule has 158 valence electrons. The second-order valence-electron chi connectivity index (χ2n) is 7.84. The number of amides is 1. The van der Waals surface area contributed by atoms with Gasteiger partial charge in [-0.15, -0.1) is 0 Å². The zero-order valence-electron chi connectivity index (χ0n) is 17.6. The molecule has 0 aliphatic carbocycles. The van der Waals surface area contributed by atoms with E-state index in [4.69, 9.17) is 9.47 Å². The van der Waals surface area contributed by atoms with Gasteiger partial charge in [0.15, 0.2) is 0 Å². The maximum atomic E-state index is 12.2. The number of alkyl carbamates (subject to hydrolysis) is 1. The first-order chi connectivity index (χ1) is 13.1. The van der Waals surface area contributed by atoms with E-state index in [1.54, 1.807) is 24.3 Å². The van der Waals surface area contributed by atoms with Crippen molar-refractivity contribution in [3.8, 4) is 5.75 Å². The Morgan fingerprint density at radius 3 is 2.36 bits per heavy atom.